The zero-order chi connectivity index (χ0) is 50.3. The number of carbonyl (C=O) groups is 4. The second-order valence-electron chi connectivity index (χ2n) is 20.0. The molecule has 19 heteroatoms. The number of halogens is 3. The van der Waals surface area contributed by atoms with Crippen molar-refractivity contribution in [3.8, 4) is 0 Å². The number of benzene rings is 3. The van der Waals surface area contributed by atoms with E-state index in [1.54, 1.807) is 15.9 Å². The summed E-state index contributed by atoms with van der Waals surface area (Å²) in [6.45, 7) is 9.61. The number of ether oxygens (including phenoxy) is 2. The third-order valence-electron chi connectivity index (χ3n) is 15.2. The summed E-state index contributed by atoms with van der Waals surface area (Å²) < 4.78 is 55.8. The van der Waals surface area contributed by atoms with Crippen molar-refractivity contribution in [3.05, 3.63) is 82.9 Å². The van der Waals surface area contributed by atoms with Gasteiger partial charge in [-0.2, -0.15) is 13.2 Å². The van der Waals surface area contributed by atoms with E-state index in [1.807, 2.05) is 75.1 Å². The van der Waals surface area contributed by atoms with Crippen molar-refractivity contribution in [2.45, 2.75) is 134 Å². The maximum absolute atomic E-state index is 15.2. The lowest BCUT2D eigenvalue weighted by Crippen LogP contribution is -2.51. The topological polar surface area (TPSA) is 195 Å². The van der Waals surface area contributed by atoms with E-state index in [-0.39, 0.29) is 53.5 Å². The van der Waals surface area contributed by atoms with Crippen molar-refractivity contribution in [1.82, 2.24) is 35.1 Å². The number of anilines is 2. The van der Waals surface area contributed by atoms with Gasteiger partial charge in [-0.25, -0.2) is 19.6 Å². The van der Waals surface area contributed by atoms with Crippen LogP contribution in [0, 0.1) is 11.8 Å². The molecule has 71 heavy (non-hydrogen) atoms. The largest absolute Gasteiger partial charge is 0.453 e. The summed E-state index contributed by atoms with van der Waals surface area (Å²) in [5.41, 5.74) is 10.0. The number of nitrogens with two attached hydrogens (primary N) is 1. The molecule has 6 heterocycles. The molecule has 16 nitrogen and oxygen atoms in total. The number of amides is 4. The van der Waals surface area contributed by atoms with Crippen LogP contribution in [0.4, 0.5) is 34.1 Å². The second kappa shape index (κ2) is 20.3. The number of aromatic amines is 2. The van der Waals surface area contributed by atoms with Crippen LogP contribution in [0.3, 0.4) is 0 Å². The highest BCUT2D eigenvalue weighted by Gasteiger charge is 2.43. The maximum atomic E-state index is 15.2. The Bertz CT molecular complexity index is 2770. The Kier molecular flexibility index (Phi) is 14.1. The molecule has 4 saturated heterocycles. The predicted octanol–water partition coefficient (Wildman–Crippen LogP) is 9.75. The van der Waals surface area contributed by atoms with E-state index in [0.29, 0.717) is 86.7 Å². The number of rotatable bonds is 13. The van der Waals surface area contributed by atoms with Gasteiger partial charge in [0.05, 0.1) is 58.9 Å². The number of nitrogens with zero attached hydrogens (tertiary/aromatic N) is 6. The first kappa shape index (κ1) is 49.5. The number of aromatic nitrogens is 4. The number of carbonyl (C=O) groups excluding carboxylic acids is 4. The molecule has 5 aromatic rings. The monoisotopic (exact) mass is 983 g/mol. The molecule has 2 aromatic heterocycles. The third kappa shape index (κ3) is 9.92. The molecule has 9 rings (SSSR count). The van der Waals surface area contributed by atoms with Crippen LogP contribution in [-0.2, 0) is 25.2 Å². The van der Waals surface area contributed by atoms with Gasteiger partial charge in [-0.1, -0.05) is 39.8 Å². The average Bonchev–Trinajstić information content (AvgIpc) is 4.22. The smallest absolute Gasteiger partial charge is 0.418 e. The summed E-state index contributed by atoms with van der Waals surface area (Å²) in [5, 5.41) is 2.70. The lowest BCUT2D eigenvalue weighted by molar-refractivity contribution is -0.144. The van der Waals surface area contributed by atoms with Gasteiger partial charge in [0, 0.05) is 43.5 Å². The van der Waals surface area contributed by atoms with E-state index >= 15 is 13.2 Å². The Hall–Kier alpha value is -6.53. The third-order valence-corrected chi connectivity index (χ3v) is 15.2. The number of nitrogens with one attached hydrogen (secondary N) is 3. The van der Waals surface area contributed by atoms with Crippen LogP contribution in [0.5, 0.6) is 0 Å². The summed E-state index contributed by atoms with van der Waals surface area (Å²) in [5.74, 6) is 0.259. The Morgan fingerprint density at radius 1 is 0.746 bits per heavy atom. The normalized spacial score (nSPS) is 22.1. The molecule has 5 N–H and O–H groups in total. The molecule has 1 unspecified atom stereocenters. The van der Waals surface area contributed by atoms with E-state index < -0.39 is 36.1 Å². The van der Waals surface area contributed by atoms with Crippen LogP contribution in [0.1, 0.15) is 144 Å². The molecule has 4 fully saturated rings. The maximum Gasteiger partial charge on any atom is 0.418 e. The molecule has 0 aliphatic carbocycles. The fourth-order valence-electron chi connectivity index (χ4n) is 11.4. The van der Waals surface area contributed by atoms with Crippen LogP contribution in [-0.4, -0.2) is 99.2 Å². The van der Waals surface area contributed by atoms with Gasteiger partial charge in [0.1, 0.15) is 17.7 Å². The first-order valence-electron chi connectivity index (χ1n) is 25.2. The fourth-order valence-corrected chi connectivity index (χ4v) is 11.4. The summed E-state index contributed by atoms with van der Waals surface area (Å²) >= 11 is 0. The highest BCUT2D eigenvalue weighted by Crippen LogP contribution is 2.50. The van der Waals surface area contributed by atoms with E-state index in [9.17, 15) is 19.2 Å². The van der Waals surface area contributed by atoms with Gasteiger partial charge >= 0.3 is 18.4 Å². The Labute approximate surface area is 411 Å². The number of hydrogen-bond donors (Lipinski definition) is 4. The van der Waals surface area contributed by atoms with Crippen molar-refractivity contribution in [1.29, 1.82) is 0 Å². The standard InChI is InChI=1S/C52H65F3N10O6/c1-6-30(4)45(71-50(56)68)49(67)64-25-11-13-43(64)47-58-36-18-15-32(27-38(36)60-47)40-21-20-39(65(40)33-16-19-41(34(28-33)52(53,54)55)62-22-8-7-9-23-62)31-14-17-35-37(26-31)59-46(57-35)42-12-10-24-63(42)48(66)44(29(2)3)61-51(69)70-5/h14-19,26-30,39-40,42-45H,6-13,20-25H2,1-5H3,(H2,56,68)(H,57,59)(H,58,60)(H,61,69)/t30?,39-,40-,42+,43+,44+,45+/m1/s1. The Balaban J connectivity index is 1.06. The zero-order valence-electron chi connectivity index (χ0n) is 41.1. The van der Waals surface area contributed by atoms with Gasteiger partial charge in [-0.05, 0) is 124 Å². The minimum Gasteiger partial charge on any atom is -0.453 e. The van der Waals surface area contributed by atoms with Crippen molar-refractivity contribution in [3.63, 3.8) is 0 Å². The number of alkyl carbamates (subject to hydrolysis) is 1. The summed E-state index contributed by atoms with van der Waals surface area (Å²) in [7, 11) is 1.26. The number of methoxy groups -OCH3 is 1. The van der Waals surface area contributed by atoms with Crippen LogP contribution < -0.4 is 20.9 Å². The number of hydrogen-bond acceptors (Lipinski definition) is 10. The van der Waals surface area contributed by atoms with Gasteiger partial charge in [0.2, 0.25) is 5.91 Å². The number of likely N-dealkylation sites (tertiary alicyclic amines) is 2. The molecule has 4 aliphatic heterocycles. The van der Waals surface area contributed by atoms with Crippen molar-refractivity contribution >= 4 is 57.4 Å². The lowest BCUT2D eigenvalue weighted by Gasteiger charge is -2.35. The van der Waals surface area contributed by atoms with Gasteiger partial charge < -0.3 is 50.1 Å². The molecule has 4 amide bonds. The highest BCUT2D eigenvalue weighted by molar-refractivity contribution is 5.87. The predicted molar refractivity (Wildman–Crippen MR) is 262 cm³/mol. The molecular weight excluding hydrogens is 918 g/mol. The van der Waals surface area contributed by atoms with E-state index in [0.717, 1.165) is 54.3 Å². The number of H-pyrrole nitrogens is 2. The lowest BCUT2D eigenvalue weighted by atomic mass is 10.00. The summed E-state index contributed by atoms with van der Waals surface area (Å²) in [6, 6.07) is 14.5. The summed E-state index contributed by atoms with van der Waals surface area (Å²) in [6.07, 6.45) is 0.0624. The highest BCUT2D eigenvalue weighted by atomic mass is 19.4. The van der Waals surface area contributed by atoms with Crippen molar-refractivity contribution < 1.29 is 41.8 Å². The number of imidazole rings is 2. The SMILES string of the molecule is CCC(C)[C@H](OC(N)=O)C(=O)N1CCC[C@H]1c1nc2ccc([C@H]3CC[C@H](c4ccc5nc([C@@H]6CCCN6C(=O)[C@@H](NC(=O)OC)C(C)C)[nH]c5c4)N3c3ccc(N4CCCCC4)c(C(F)(F)F)c3)cc2[nH]1. The molecule has 7 atom stereocenters. The van der Waals surface area contributed by atoms with Gasteiger partial charge in [-0.3, -0.25) is 9.59 Å². The van der Waals surface area contributed by atoms with Crippen molar-refractivity contribution in [2.75, 3.05) is 43.1 Å². The minimum atomic E-state index is -4.60. The zero-order valence-corrected chi connectivity index (χ0v) is 41.1. The minimum absolute atomic E-state index is 0.189. The molecule has 0 spiro atoms. The molecule has 0 bridgehead atoms. The first-order valence-corrected chi connectivity index (χ1v) is 25.2. The van der Waals surface area contributed by atoms with Gasteiger partial charge in [0.25, 0.3) is 5.91 Å². The first-order chi connectivity index (χ1) is 34.0. The van der Waals surface area contributed by atoms with Crippen LogP contribution in [0.2, 0.25) is 0 Å². The molecule has 380 valence electrons. The molecule has 0 radical (unpaired) electrons. The van der Waals surface area contributed by atoms with Crippen LogP contribution in [0.25, 0.3) is 22.1 Å². The number of piperidine rings is 1. The Morgan fingerprint density at radius 2 is 1.31 bits per heavy atom. The fraction of sp³-hybridized carbons (Fsp3) is 0.538. The summed E-state index contributed by atoms with van der Waals surface area (Å²) in [4.78, 5) is 76.2. The second-order valence-corrected chi connectivity index (χ2v) is 20.0. The van der Waals surface area contributed by atoms with Crippen LogP contribution in [0.15, 0.2) is 54.6 Å². The number of alkyl halides is 3. The average molecular weight is 983 g/mol. The van der Waals surface area contributed by atoms with E-state index in [4.69, 9.17) is 25.2 Å². The number of fused-ring (bicyclic) bond motifs is 2. The van der Waals surface area contributed by atoms with Crippen LogP contribution >= 0.6 is 0 Å². The molecule has 4 aliphatic rings. The Morgan fingerprint density at radius 3 is 1.82 bits per heavy atom. The van der Waals surface area contributed by atoms with E-state index in [2.05, 4.69) is 20.2 Å². The van der Waals surface area contributed by atoms with Crippen molar-refractivity contribution in [2.24, 2.45) is 17.6 Å². The molecule has 3 aromatic carbocycles. The van der Waals surface area contributed by atoms with Gasteiger partial charge in [0.15, 0.2) is 6.10 Å². The molecule has 0 saturated carbocycles. The number of primary amides is 1. The van der Waals surface area contributed by atoms with E-state index in [1.165, 1.54) is 13.2 Å². The quantitative estimate of drug-likeness (QED) is 0.0882. The van der Waals surface area contributed by atoms with Gasteiger partial charge in [-0.15, -0.1) is 0 Å². The molecular formula is C52H65F3N10O6.